The van der Waals surface area contributed by atoms with Crippen LogP contribution in [0.25, 0.3) is 10.8 Å². The minimum Gasteiger partial charge on any atom is -0.246 e. The molecule has 2 nitrogen and oxygen atoms in total. The summed E-state index contributed by atoms with van der Waals surface area (Å²) < 4.78 is 0. The van der Waals surface area contributed by atoms with Crippen LogP contribution in [0.1, 0.15) is 72.9 Å². The van der Waals surface area contributed by atoms with Gasteiger partial charge in [0.05, 0.1) is 22.8 Å². The van der Waals surface area contributed by atoms with E-state index in [1.54, 1.807) is 0 Å². The van der Waals surface area contributed by atoms with Gasteiger partial charge in [-0.2, -0.15) is 0 Å². The van der Waals surface area contributed by atoms with Crippen molar-refractivity contribution in [2.24, 2.45) is 9.98 Å². The maximum Gasteiger partial charge on any atom is 0.0979 e. The second kappa shape index (κ2) is 8.68. The Hall–Kier alpha value is -3.52. The summed E-state index contributed by atoms with van der Waals surface area (Å²) in [7, 11) is 0. The molecule has 1 aliphatic rings. The van der Waals surface area contributed by atoms with Gasteiger partial charge in [0, 0.05) is 16.5 Å². The normalized spacial score (nSPS) is 15.4. The molecule has 0 heterocycles. The lowest BCUT2D eigenvalue weighted by Gasteiger charge is -2.15. The minimum atomic E-state index is 0.392. The molecule has 5 rings (SSSR count). The molecule has 0 N–H and O–H groups in total. The van der Waals surface area contributed by atoms with Crippen LogP contribution in [0.4, 0.5) is 11.4 Å². The first-order valence-electron chi connectivity index (χ1n) is 12.3. The molecular formula is C32H32N2. The molecule has 1 aliphatic carbocycles. The van der Waals surface area contributed by atoms with E-state index in [1.165, 1.54) is 44.2 Å². The molecule has 4 aromatic rings. The standard InChI is InChI=1S/C32H32N2/c1-19(2)24-15-7-11-21(5)29(24)33-31-26-17-9-13-23-14-10-18-27(28(23)26)32(31)34-30-22(6)12-8-16-25(30)20(3)4/h7-20H,1-6H3/b33-31+,34-32+. The first kappa shape index (κ1) is 22.3. The van der Waals surface area contributed by atoms with E-state index in [9.17, 15) is 0 Å². The van der Waals surface area contributed by atoms with Crippen LogP contribution in [0, 0.1) is 13.8 Å². The molecule has 0 atom stereocenters. The number of hydrogen-bond acceptors (Lipinski definition) is 2. The van der Waals surface area contributed by atoms with Gasteiger partial charge in [-0.05, 0) is 53.3 Å². The van der Waals surface area contributed by atoms with E-state index in [2.05, 4.69) is 114 Å². The van der Waals surface area contributed by atoms with Gasteiger partial charge < -0.3 is 0 Å². The fourth-order valence-corrected chi connectivity index (χ4v) is 5.04. The molecule has 0 saturated heterocycles. The Kier molecular flexibility index (Phi) is 5.69. The number of aryl methyl sites for hydroxylation is 2. The van der Waals surface area contributed by atoms with E-state index in [0.717, 1.165) is 22.8 Å². The molecule has 0 spiro atoms. The number of aliphatic imine (C=N–C) groups is 2. The molecule has 0 fully saturated rings. The Morgan fingerprint density at radius 1 is 0.529 bits per heavy atom. The van der Waals surface area contributed by atoms with Crippen LogP contribution in [0.2, 0.25) is 0 Å². The van der Waals surface area contributed by atoms with E-state index >= 15 is 0 Å². The number of para-hydroxylation sites is 2. The highest BCUT2D eigenvalue weighted by Crippen LogP contribution is 2.38. The Morgan fingerprint density at radius 2 is 0.941 bits per heavy atom. The van der Waals surface area contributed by atoms with Crippen molar-refractivity contribution < 1.29 is 0 Å². The molecule has 0 aromatic heterocycles. The van der Waals surface area contributed by atoms with Gasteiger partial charge in [-0.1, -0.05) is 100 Å². The molecule has 0 aliphatic heterocycles. The summed E-state index contributed by atoms with van der Waals surface area (Å²) in [5.41, 5.74) is 11.4. The molecule has 34 heavy (non-hydrogen) atoms. The van der Waals surface area contributed by atoms with Crippen LogP contribution in [0.15, 0.2) is 82.8 Å². The van der Waals surface area contributed by atoms with E-state index in [4.69, 9.17) is 9.98 Å². The zero-order valence-corrected chi connectivity index (χ0v) is 21.0. The van der Waals surface area contributed by atoms with Crippen LogP contribution >= 0.6 is 0 Å². The first-order valence-corrected chi connectivity index (χ1v) is 12.3. The van der Waals surface area contributed by atoms with Crippen molar-refractivity contribution in [3.63, 3.8) is 0 Å². The zero-order chi connectivity index (χ0) is 24.0. The summed E-state index contributed by atoms with van der Waals surface area (Å²) in [5.74, 6) is 0.784. The topological polar surface area (TPSA) is 24.7 Å². The van der Waals surface area contributed by atoms with E-state index in [-0.39, 0.29) is 0 Å². The zero-order valence-electron chi connectivity index (χ0n) is 21.0. The lowest BCUT2D eigenvalue weighted by atomic mass is 9.97. The average molecular weight is 445 g/mol. The van der Waals surface area contributed by atoms with Crippen molar-refractivity contribution >= 4 is 33.6 Å². The first-order chi connectivity index (χ1) is 16.4. The molecule has 0 amide bonds. The summed E-state index contributed by atoms with van der Waals surface area (Å²) in [5, 5.41) is 2.48. The molecular weight excluding hydrogens is 412 g/mol. The molecule has 170 valence electrons. The molecule has 0 unspecified atom stereocenters. The smallest absolute Gasteiger partial charge is 0.0979 e. The van der Waals surface area contributed by atoms with Gasteiger partial charge in [0.25, 0.3) is 0 Å². The van der Waals surface area contributed by atoms with Crippen LogP contribution < -0.4 is 0 Å². The van der Waals surface area contributed by atoms with Crippen molar-refractivity contribution in [1.29, 1.82) is 0 Å². The quantitative estimate of drug-likeness (QED) is 0.300. The lowest BCUT2D eigenvalue weighted by Crippen LogP contribution is -2.11. The van der Waals surface area contributed by atoms with Gasteiger partial charge in [0.2, 0.25) is 0 Å². The SMILES string of the molecule is Cc1cccc(C(C)C)c1/N=C1/C(=N/c2c(C)cccc2C(C)C)c2cccc3cccc1c23. The van der Waals surface area contributed by atoms with E-state index < -0.39 is 0 Å². The van der Waals surface area contributed by atoms with Crippen LogP contribution in [0.5, 0.6) is 0 Å². The van der Waals surface area contributed by atoms with Gasteiger partial charge >= 0.3 is 0 Å². The summed E-state index contributed by atoms with van der Waals surface area (Å²) in [4.78, 5) is 10.8. The van der Waals surface area contributed by atoms with Crippen molar-refractivity contribution in [1.82, 2.24) is 0 Å². The molecule has 0 bridgehead atoms. The molecule has 0 radical (unpaired) electrons. The number of rotatable bonds is 4. The lowest BCUT2D eigenvalue weighted by molar-refractivity contribution is 0.865. The fourth-order valence-electron chi connectivity index (χ4n) is 5.04. The second-order valence-electron chi connectivity index (χ2n) is 9.96. The minimum absolute atomic E-state index is 0.392. The highest BCUT2D eigenvalue weighted by molar-refractivity contribution is 6.61. The summed E-state index contributed by atoms with van der Waals surface area (Å²) in [6.07, 6.45) is 0. The van der Waals surface area contributed by atoms with Crippen LogP contribution in [-0.2, 0) is 0 Å². The molecule has 2 heteroatoms. The number of nitrogens with zero attached hydrogens (tertiary/aromatic N) is 2. The summed E-state index contributed by atoms with van der Waals surface area (Å²) >= 11 is 0. The van der Waals surface area contributed by atoms with Crippen LogP contribution in [0.3, 0.4) is 0 Å². The molecule has 0 saturated carbocycles. The third kappa shape index (κ3) is 3.68. The predicted octanol–water partition coefficient (Wildman–Crippen LogP) is 8.96. The van der Waals surface area contributed by atoms with Crippen molar-refractivity contribution in [3.05, 3.63) is 106 Å². The van der Waals surface area contributed by atoms with E-state index in [0.29, 0.717) is 11.8 Å². The largest absolute Gasteiger partial charge is 0.246 e. The third-order valence-electron chi connectivity index (χ3n) is 6.87. The van der Waals surface area contributed by atoms with Gasteiger partial charge in [0.15, 0.2) is 0 Å². The molecule has 4 aromatic carbocycles. The van der Waals surface area contributed by atoms with Crippen molar-refractivity contribution in [2.45, 2.75) is 53.4 Å². The fraction of sp³-hybridized carbons (Fsp3) is 0.250. The van der Waals surface area contributed by atoms with Gasteiger partial charge in [0.1, 0.15) is 0 Å². The summed E-state index contributed by atoms with van der Waals surface area (Å²) in [6.45, 7) is 13.3. The Bertz CT molecular complexity index is 1360. The van der Waals surface area contributed by atoms with Gasteiger partial charge in [-0.3, -0.25) is 0 Å². The maximum absolute atomic E-state index is 5.39. The highest BCUT2D eigenvalue weighted by atomic mass is 14.8. The van der Waals surface area contributed by atoms with Crippen molar-refractivity contribution in [2.75, 3.05) is 0 Å². The monoisotopic (exact) mass is 444 g/mol. The second-order valence-corrected chi connectivity index (χ2v) is 9.96. The Balaban J connectivity index is 1.85. The summed E-state index contributed by atoms with van der Waals surface area (Å²) in [6, 6.07) is 26.0. The highest BCUT2D eigenvalue weighted by Gasteiger charge is 2.28. The van der Waals surface area contributed by atoms with Crippen LogP contribution in [-0.4, -0.2) is 11.4 Å². The Morgan fingerprint density at radius 3 is 1.35 bits per heavy atom. The van der Waals surface area contributed by atoms with Gasteiger partial charge in [-0.25, -0.2) is 9.98 Å². The Labute approximate surface area is 203 Å². The van der Waals surface area contributed by atoms with E-state index in [1.807, 2.05) is 0 Å². The third-order valence-corrected chi connectivity index (χ3v) is 6.87. The van der Waals surface area contributed by atoms with Gasteiger partial charge in [-0.15, -0.1) is 0 Å². The van der Waals surface area contributed by atoms with Crippen molar-refractivity contribution in [3.8, 4) is 0 Å². The number of hydrogen-bond donors (Lipinski definition) is 0. The average Bonchev–Trinajstić information content (AvgIpc) is 3.10. The predicted molar refractivity (Wildman–Crippen MR) is 147 cm³/mol. The number of benzene rings is 4. The maximum atomic E-state index is 5.39.